The first-order valence-corrected chi connectivity index (χ1v) is 7.92. The van der Waals surface area contributed by atoms with Crippen LogP contribution in [0.2, 0.25) is 5.54 Å². The van der Waals surface area contributed by atoms with E-state index in [0.717, 1.165) is 0 Å². The maximum atomic E-state index is 5.61. The lowest BCUT2D eigenvalue weighted by molar-refractivity contribution is 1.21. The van der Waals surface area contributed by atoms with Crippen LogP contribution in [-0.4, -0.2) is 11.9 Å². The molecule has 0 rings (SSSR count). The van der Waals surface area contributed by atoms with Crippen LogP contribution in [0.15, 0.2) is 12.7 Å². The van der Waals surface area contributed by atoms with Crippen molar-refractivity contribution >= 4 is 50.8 Å². The number of allylic oxidation sites excluding steroid dienone is 1. The standard InChI is InChI=1S/C4H6Cl4Si/c1-2-4(3-5)9(6,7)8/h2,4H,1,3H2. The second-order valence-corrected chi connectivity index (χ2v) is 10.8. The van der Waals surface area contributed by atoms with Gasteiger partial charge in [-0.3, -0.25) is 0 Å². The highest BCUT2D eigenvalue weighted by atomic mass is 35.8. The van der Waals surface area contributed by atoms with Crippen molar-refractivity contribution in [3.8, 4) is 0 Å². The van der Waals surface area contributed by atoms with Crippen LogP contribution in [0.25, 0.3) is 0 Å². The Labute approximate surface area is 74.9 Å². The number of halogens is 4. The van der Waals surface area contributed by atoms with Gasteiger partial charge in [0, 0.05) is 11.4 Å². The van der Waals surface area contributed by atoms with Crippen LogP contribution in [-0.2, 0) is 0 Å². The predicted octanol–water partition coefficient (Wildman–Crippen LogP) is 3.44. The molecule has 0 nitrogen and oxygen atoms in total. The minimum atomic E-state index is -2.62. The SMILES string of the molecule is C=CC(CCl)[Si](Cl)(Cl)Cl. The third-order valence-corrected chi connectivity index (χ3v) is 5.27. The molecule has 0 aliphatic carbocycles. The largest absolute Gasteiger partial charge is 0.349 e. The topological polar surface area (TPSA) is 0 Å². The lowest BCUT2D eigenvalue weighted by Crippen LogP contribution is -2.18. The van der Waals surface area contributed by atoms with E-state index in [1.807, 2.05) is 0 Å². The van der Waals surface area contributed by atoms with Crippen molar-refractivity contribution in [3.63, 3.8) is 0 Å². The van der Waals surface area contributed by atoms with E-state index in [1.165, 1.54) is 0 Å². The smallest absolute Gasteiger partial charge is 0.126 e. The Kier molecular flexibility index (Phi) is 4.60. The minimum absolute atomic E-state index is 0.135. The molecule has 1 atom stereocenters. The fraction of sp³-hybridized carbons (Fsp3) is 0.500. The van der Waals surface area contributed by atoms with Crippen molar-refractivity contribution in [2.45, 2.75) is 5.54 Å². The summed E-state index contributed by atoms with van der Waals surface area (Å²) in [7, 11) is 0. The lowest BCUT2D eigenvalue weighted by atomic mass is 10.5. The van der Waals surface area contributed by atoms with E-state index in [9.17, 15) is 0 Å². The first-order chi connectivity index (χ1) is 4.02. The highest BCUT2D eigenvalue weighted by Crippen LogP contribution is 2.35. The molecule has 0 saturated carbocycles. The Bertz CT molecular complexity index is 97.2. The highest BCUT2D eigenvalue weighted by Gasteiger charge is 2.33. The van der Waals surface area contributed by atoms with Gasteiger partial charge in [-0.25, -0.2) is 0 Å². The molecule has 0 bridgehead atoms. The number of hydrogen-bond acceptors (Lipinski definition) is 0. The van der Waals surface area contributed by atoms with Crippen molar-refractivity contribution in [2.24, 2.45) is 0 Å². The monoisotopic (exact) mass is 222 g/mol. The van der Waals surface area contributed by atoms with Crippen LogP contribution in [0, 0.1) is 0 Å². The predicted molar refractivity (Wildman–Crippen MR) is 48.0 cm³/mol. The molecule has 0 saturated heterocycles. The molecule has 0 aliphatic rings. The van der Waals surface area contributed by atoms with E-state index in [0.29, 0.717) is 5.88 Å². The van der Waals surface area contributed by atoms with Gasteiger partial charge in [0.25, 0.3) is 0 Å². The first kappa shape index (κ1) is 10.1. The van der Waals surface area contributed by atoms with E-state index in [1.54, 1.807) is 6.08 Å². The molecule has 0 N–H and O–H groups in total. The van der Waals surface area contributed by atoms with Crippen molar-refractivity contribution in [1.82, 2.24) is 0 Å². The molecule has 54 valence electrons. The summed E-state index contributed by atoms with van der Waals surface area (Å²) < 4.78 is 0. The van der Waals surface area contributed by atoms with Gasteiger partial charge in [-0.2, -0.15) is 0 Å². The van der Waals surface area contributed by atoms with Crippen LogP contribution >= 0.6 is 44.8 Å². The minimum Gasteiger partial charge on any atom is -0.126 e. The van der Waals surface area contributed by atoms with Gasteiger partial charge in [0.2, 0.25) is 0 Å². The number of alkyl halides is 1. The van der Waals surface area contributed by atoms with Gasteiger partial charge in [-0.1, -0.05) is 6.08 Å². The molecular weight excluding hydrogens is 218 g/mol. The number of rotatable bonds is 3. The van der Waals surface area contributed by atoms with Crippen LogP contribution < -0.4 is 0 Å². The summed E-state index contributed by atoms with van der Waals surface area (Å²) in [6.45, 7) is 3.50. The summed E-state index contributed by atoms with van der Waals surface area (Å²) in [6.07, 6.45) is 1.59. The second kappa shape index (κ2) is 4.09. The van der Waals surface area contributed by atoms with Crippen LogP contribution in [0.1, 0.15) is 0 Å². The Morgan fingerprint density at radius 3 is 1.89 bits per heavy atom. The fourth-order valence-corrected chi connectivity index (χ4v) is 3.75. The quantitative estimate of drug-likeness (QED) is 0.298. The zero-order valence-corrected chi connectivity index (χ0v) is 8.60. The molecule has 0 amide bonds. The van der Waals surface area contributed by atoms with Gasteiger partial charge in [0.05, 0.1) is 0 Å². The van der Waals surface area contributed by atoms with Gasteiger partial charge in [-0.05, 0) is 0 Å². The molecule has 0 aliphatic heterocycles. The zero-order valence-electron chi connectivity index (χ0n) is 4.58. The maximum absolute atomic E-state index is 5.61. The molecule has 0 aromatic carbocycles. The Hall–Kier alpha value is 1.12. The Morgan fingerprint density at radius 2 is 1.89 bits per heavy atom. The molecule has 9 heavy (non-hydrogen) atoms. The number of hydrogen-bond donors (Lipinski definition) is 0. The zero-order chi connectivity index (χ0) is 7.49. The third-order valence-electron chi connectivity index (χ3n) is 0.871. The Morgan fingerprint density at radius 1 is 1.44 bits per heavy atom. The van der Waals surface area contributed by atoms with E-state index in [4.69, 9.17) is 44.8 Å². The average Bonchev–Trinajstić information content (AvgIpc) is 1.65. The van der Waals surface area contributed by atoms with Crippen molar-refractivity contribution < 1.29 is 0 Å². The Balaban J connectivity index is 3.94. The summed E-state index contributed by atoms with van der Waals surface area (Å²) in [5.41, 5.74) is -0.135. The third kappa shape index (κ3) is 3.74. The van der Waals surface area contributed by atoms with Gasteiger partial charge in [-0.15, -0.1) is 51.4 Å². The average molecular weight is 224 g/mol. The first-order valence-electron chi connectivity index (χ1n) is 2.27. The van der Waals surface area contributed by atoms with Crippen LogP contribution in [0.3, 0.4) is 0 Å². The molecule has 0 fully saturated rings. The van der Waals surface area contributed by atoms with Gasteiger partial charge >= 0.3 is 6.00 Å². The molecule has 0 aromatic rings. The normalized spacial score (nSPS) is 15.1. The van der Waals surface area contributed by atoms with Crippen LogP contribution in [0.4, 0.5) is 0 Å². The summed E-state index contributed by atoms with van der Waals surface area (Å²) >= 11 is 22.3. The molecule has 5 heteroatoms. The van der Waals surface area contributed by atoms with E-state index < -0.39 is 6.00 Å². The van der Waals surface area contributed by atoms with Crippen molar-refractivity contribution in [2.75, 3.05) is 5.88 Å². The summed E-state index contributed by atoms with van der Waals surface area (Å²) in [4.78, 5) is 0. The van der Waals surface area contributed by atoms with Gasteiger partial charge in [0.1, 0.15) is 0 Å². The highest BCUT2D eigenvalue weighted by molar-refractivity contribution is 7.65. The molecule has 0 spiro atoms. The second-order valence-electron chi connectivity index (χ2n) is 1.54. The van der Waals surface area contributed by atoms with E-state index in [2.05, 4.69) is 6.58 Å². The van der Waals surface area contributed by atoms with Crippen LogP contribution in [0.5, 0.6) is 0 Å². The van der Waals surface area contributed by atoms with Gasteiger partial charge in [0.15, 0.2) is 0 Å². The maximum Gasteiger partial charge on any atom is 0.349 e. The molecule has 0 heterocycles. The summed E-state index contributed by atoms with van der Waals surface area (Å²) in [6, 6.07) is -2.62. The van der Waals surface area contributed by atoms with Crippen molar-refractivity contribution in [1.29, 1.82) is 0 Å². The van der Waals surface area contributed by atoms with E-state index in [-0.39, 0.29) is 5.54 Å². The fourth-order valence-electron chi connectivity index (χ4n) is 0.284. The molecule has 0 aromatic heterocycles. The van der Waals surface area contributed by atoms with Crippen molar-refractivity contribution in [3.05, 3.63) is 12.7 Å². The summed E-state index contributed by atoms with van der Waals surface area (Å²) in [5.74, 6) is 0.340. The molecule has 0 radical (unpaired) electrons. The molecular formula is C4H6Cl4Si. The summed E-state index contributed by atoms with van der Waals surface area (Å²) in [5, 5.41) is 0. The van der Waals surface area contributed by atoms with E-state index >= 15 is 0 Å². The lowest BCUT2D eigenvalue weighted by Gasteiger charge is -2.13. The molecule has 1 unspecified atom stereocenters. The van der Waals surface area contributed by atoms with Gasteiger partial charge < -0.3 is 0 Å².